The van der Waals surface area contributed by atoms with Gasteiger partial charge in [-0.05, 0) is 5.56 Å². The first-order chi connectivity index (χ1) is 11.8. The summed E-state index contributed by atoms with van der Waals surface area (Å²) < 4.78 is 7.11. The second-order valence-electron chi connectivity index (χ2n) is 5.79. The van der Waals surface area contributed by atoms with Crippen LogP contribution in [-0.4, -0.2) is 58.4 Å². The highest BCUT2D eigenvalue weighted by Crippen LogP contribution is 2.21. The molecule has 1 aliphatic rings. The molecular formula is C17H23N5O2. The van der Waals surface area contributed by atoms with Crippen LogP contribution in [0, 0.1) is 0 Å². The van der Waals surface area contributed by atoms with E-state index in [1.807, 2.05) is 18.2 Å². The van der Waals surface area contributed by atoms with Crippen molar-refractivity contribution in [1.82, 2.24) is 25.0 Å². The Balaban J connectivity index is 1.56. The van der Waals surface area contributed by atoms with Crippen molar-refractivity contribution in [3.05, 3.63) is 48.5 Å². The van der Waals surface area contributed by atoms with Crippen molar-refractivity contribution in [3.8, 4) is 0 Å². The third-order valence-electron chi connectivity index (χ3n) is 4.20. The van der Waals surface area contributed by atoms with Gasteiger partial charge >= 0.3 is 0 Å². The number of amides is 1. The second kappa shape index (κ2) is 8.56. The number of hydrogen-bond donors (Lipinski definition) is 1. The number of aromatic nitrogens is 3. The molecule has 1 aromatic carbocycles. The topological polar surface area (TPSA) is 72.3 Å². The van der Waals surface area contributed by atoms with Gasteiger partial charge in [-0.2, -0.15) is 5.10 Å². The van der Waals surface area contributed by atoms with Crippen LogP contribution in [0.1, 0.15) is 18.0 Å². The zero-order chi connectivity index (χ0) is 16.6. The first-order valence-corrected chi connectivity index (χ1v) is 8.29. The fourth-order valence-electron chi connectivity index (χ4n) is 2.89. The van der Waals surface area contributed by atoms with Crippen LogP contribution in [0.4, 0.5) is 0 Å². The van der Waals surface area contributed by atoms with Crippen molar-refractivity contribution >= 4 is 5.91 Å². The van der Waals surface area contributed by atoms with Crippen molar-refractivity contribution in [3.63, 3.8) is 0 Å². The Kier molecular flexibility index (Phi) is 5.92. The lowest BCUT2D eigenvalue weighted by atomic mass is 10.0. The zero-order valence-corrected chi connectivity index (χ0v) is 13.7. The van der Waals surface area contributed by atoms with Gasteiger partial charge in [-0.1, -0.05) is 30.3 Å². The van der Waals surface area contributed by atoms with Crippen molar-refractivity contribution in [2.45, 2.75) is 19.0 Å². The predicted octanol–water partition coefficient (Wildman–Crippen LogP) is 0.858. The van der Waals surface area contributed by atoms with Gasteiger partial charge in [0.25, 0.3) is 0 Å². The molecule has 1 N–H and O–H groups in total. The molecule has 0 aliphatic carbocycles. The molecule has 1 unspecified atom stereocenters. The number of morpholine rings is 1. The number of aryl methyl sites for hydroxylation is 1. The van der Waals surface area contributed by atoms with Crippen molar-refractivity contribution in [2.24, 2.45) is 0 Å². The smallest absolute Gasteiger partial charge is 0.221 e. The molecule has 1 atom stereocenters. The highest BCUT2D eigenvalue weighted by molar-refractivity contribution is 5.75. The molecule has 2 aromatic rings. The Hall–Kier alpha value is -2.25. The van der Waals surface area contributed by atoms with E-state index in [1.165, 1.54) is 11.9 Å². The normalized spacial score (nSPS) is 16.7. The van der Waals surface area contributed by atoms with Gasteiger partial charge < -0.3 is 10.1 Å². The summed E-state index contributed by atoms with van der Waals surface area (Å²) in [5.41, 5.74) is 1.22. The average molecular weight is 329 g/mol. The molecule has 2 heterocycles. The molecule has 3 rings (SSSR count). The lowest BCUT2D eigenvalue weighted by Gasteiger charge is -2.35. The van der Waals surface area contributed by atoms with E-state index in [9.17, 15) is 4.79 Å². The summed E-state index contributed by atoms with van der Waals surface area (Å²) in [6.45, 7) is 4.38. The molecule has 128 valence electrons. The third kappa shape index (κ3) is 4.62. The summed E-state index contributed by atoms with van der Waals surface area (Å²) in [6, 6.07) is 10.5. The SMILES string of the molecule is O=C(CCn1cncn1)NCC(c1ccccc1)N1CCOCC1. The number of carbonyl (C=O) groups excluding carboxylic acids is 1. The quantitative estimate of drug-likeness (QED) is 0.816. The number of nitrogens with one attached hydrogen (secondary N) is 1. The summed E-state index contributed by atoms with van der Waals surface area (Å²) in [4.78, 5) is 18.4. The second-order valence-corrected chi connectivity index (χ2v) is 5.79. The molecule has 0 saturated carbocycles. The van der Waals surface area contributed by atoms with Crippen LogP contribution >= 0.6 is 0 Å². The summed E-state index contributed by atoms with van der Waals surface area (Å²) in [5.74, 6) is 0.0275. The fraction of sp³-hybridized carbons (Fsp3) is 0.471. The van der Waals surface area contributed by atoms with Gasteiger partial charge in [0, 0.05) is 26.1 Å². The van der Waals surface area contributed by atoms with Gasteiger partial charge in [0.05, 0.1) is 25.8 Å². The minimum Gasteiger partial charge on any atom is -0.379 e. The monoisotopic (exact) mass is 329 g/mol. The van der Waals surface area contributed by atoms with Crippen molar-refractivity contribution < 1.29 is 9.53 Å². The highest BCUT2D eigenvalue weighted by Gasteiger charge is 2.22. The van der Waals surface area contributed by atoms with Gasteiger partial charge in [0.15, 0.2) is 0 Å². The number of nitrogens with zero attached hydrogens (tertiary/aromatic N) is 4. The molecule has 1 amide bonds. The van der Waals surface area contributed by atoms with Crippen LogP contribution in [0.25, 0.3) is 0 Å². The van der Waals surface area contributed by atoms with E-state index in [0.29, 0.717) is 19.5 Å². The van der Waals surface area contributed by atoms with E-state index in [1.54, 1.807) is 11.0 Å². The van der Waals surface area contributed by atoms with Crippen molar-refractivity contribution in [1.29, 1.82) is 0 Å². The number of rotatable bonds is 7. The number of benzene rings is 1. The molecule has 0 radical (unpaired) electrons. The standard InChI is InChI=1S/C17H23N5O2/c23-17(6-7-22-14-18-13-20-22)19-12-16(15-4-2-1-3-5-15)21-8-10-24-11-9-21/h1-5,13-14,16H,6-12H2,(H,19,23). The number of ether oxygens (including phenoxy) is 1. The summed E-state index contributed by atoms with van der Waals surface area (Å²) >= 11 is 0. The van der Waals surface area contributed by atoms with Crippen LogP contribution in [0.2, 0.25) is 0 Å². The van der Waals surface area contributed by atoms with E-state index in [0.717, 1.165) is 26.3 Å². The van der Waals surface area contributed by atoms with Gasteiger partial charge in [0.2, 0.25) is 5.91 Å². The van der Waals surface area contributed by atoms with Crippen molar-refractivity contribution in [2.75, 3.05) is 32.8 Å². The highest BCUT2D eigenvalue weighted by atomic mass is 16.5. The summed E-state index contributed by atoms with van der Waals surface area (Å²) in [5, 5.41) is 7.07. The maximum Gasteiger partial charge on any atom is 0.221 e. The first-order valence-electron chi connectivity index (χ1n) is 8.29. The molecule has 1 saturated heterocycles. The first kappa shape index (κ1) is 16.6. The lowest BCUT2D eigenvalue weighted by molar-refractivity contribution is -0.121. The minimum atomic E-state index is 0.0275. The largest absolute Gasteiger partial charge is 0.379 e. The molecule has 0 bridgehead atoms. The molecule has 24 heavy (non-hydrogen) atoms. The van der Waals surface area contributed by atoms with E-state index < -0.39 is 0 Å². The van der Waals surface area contributed by atoms with Gasteiger partial charge in [0.1, 0.15) is 12.7 Å². The fourth-order valence-corrected chi connectivity index (χ4v) is 2.89. The maximum atomic E-state index is 12.1. The Morgan fingerprint density at radius 3 is 2.75 bits per heavy atom. The lowest BCUT2D eigenvalue weighted by Crippen LogP contribution is -2.43. The molecule has 1 aliphatic heterocycles. The van der Waals surface area contributed by atoms with E-state index in [2.05, 4.69) is 32.4 Å². The van der Waals surface area contributed by atoms with Gasteiger partial charge in [-0.3, -0.25) is 14.4 Å². The molecule has 1 aromatic heterocycles. The Bertz CT molecular complexity index is 611. The zero-order valence-electron chi connectivity index (χ0n) is 13.7. The Labute approximate surface area is 141 Å². The minimum absolute atomic E-state index is 0.0275. The van der Waals surface area contributed by atoms with E-state index in [4.69, 9.17) is 4.74 Å². The van der Waals surface area contributed by atoms with E-state index in [-0.39, 0.29) is 11.9 Å². The molecule has 1 fully saturated rings. The average Bonchev–Trinajstić information content (AvgIpc) is 3.16. The van der Waals surface area contributed by atoms with Crippen LogP contribution in [0.15, 0.2) is 43.0 Å². The maximum absolute atomic E-state index is 12.1. The Morgan fingerprint density at radius 2 is 2.04 bits per heavy atom. The van der Waals surface area contributed by atoms with Crippen LogP contribution in [0.3, 0.4) is 0 Å². The summed E-state index contributed by atoms with van der Waals surface area (Å²) in [7, 11) is 0. The molecule has 7 nitrogen and oxygen atoms in total. The Morgan fingerprint density at radius 1 is 1.25 bits per heavy atom. The molecule has 7 heteroatoms. The van der Waals surface area contributed by atoms with Crippen LogP contribution < -0.4 is 5.32 Å². The van der Waals surface area contributed by atoms with E-state index >= 15 is 0 Å². The number of carbonyl (C=O) groups is 1. The molecule has 0 spiro atoms. The van der Waals surface area contributed by atoms with Gasteiger partial charge in [-0.25, -0.2) is 4.98 Å². The van der Waals surface area contributed by atoms with Crippen LogP contribution in [0.5, 0.6) is 0 Å². The van der Waals surface area contributed by atoms with Crippen LogP contribution in [-0.2, 0) is 16.1 Å². The predicted molar refractivity (Wildman–Crippen MR) is 89.2 cm³/mol. The summed E-state index contributed by atoms with van der Waals surface area (Å²) in [6.07, 6.45) is 3.49. The third-order valence-corrected chi connectivity index (χ3v) is 4.20. The molecular weight excluding hydrogens is 306 g/mol. The number of hydrogen-bond acceptors (Lipinski definition) is 5. The van der Waals surface area contributed by atoms with Gasteiger partial charge in [-0.15, -0.1) is 0 Å².